The van der Waals surface area contributed by atoms with Crippen molar-refractivity contribution in [2.45, 2.75) is 53.6 Å². The summed E-state index contributed by atoms with van der Waals surface area (Å²) in [4.78, 5) is 0. The molecule has 1 heterocycles. The smallest absolute Gasteiger partial charge is 0.297 e. The highest BCUT2D eigenvalue weighted by Gasteiger charge is 2.53. The minimum absolute atomic E-state index is 0.252. The van der Waals surface area contributed by atoms with Gasteiger partial charge in [0, 0.05) is 37.4 Å². The van der Waals surface area contributed by atoms with Crippen molar-refractivity contribution < 1.29 is 4.57 Å². The molecule has 1 aliphatic heterocycles. The van der Waals surface area contributed by atoms with Crippen LogP contribution in [0.25, 0.3) is 0 Å². The molecule has 0 N–H and O–H groups in total. The molecule has 5 heteroatoms. The van der Waals surface area contributed by atoms with Gasteiger partial charge in [0.2, 0.25) is 0 Å². The van der Waals surface area contributed by atoms with Crippen molar-refractivity contribution in [3.8, 4) is 0 Å². The number of hydrogen-bond acceptors (Lipinski definition) is 1. The van der Waals surface area contributed by atoms with Gasteiger partial charge in [-0.25, -0.2) is 9.34 Å². The number of para-hydroxylation sites is 1. The number of anilines is 1. The molecule has 23 heavy (non-hydrogen) atoms. The summed E-state index contributed by atoms with van der Waals surface area (Å²) in [5, 5.41) is 0. The highest BCUT2D eigenvalue weighted by molar-refractivity contribution is 7.61. The molecule has 1 aromatic rings. The molecule has 0 amide bonds. The molecule has 1 fully saturated rings. The number of hydrogen-bond donors (Lipinski definition) is 0. The van der Waals surface area contributed by atoms with Crippen LogP contribution in [0.3, 0.4) is 0 Å². The molecule has 1 saturated heterocycles. The average molecular weight is 337 g/mol. The molecule has 2 atom stereocenters. The Kier molecular flexibility index (Phi) is 5.94. The topological polar surface area (TPSA) is 26.8 Å². The van der Waals surface area contributed by atoms with Gasteiger partial charge < -0.3 is 0 Å². The molecule has 0 aliphatic carbocycles. The minimum atomic E-state index is -2.79. The van der Waals surface area contributed by atoms with Gasteiger partial charge in [-0.2, -0.15) is 0 Å². The Morgan fingerprint density at radius 2 is 1.70 bits per heavy atom. The van der Waals surface area contributed by atoms with E-state index in [1.54, 1.807) is 0 Å². The molecule has 0 aromatic heterocycles. The van der Waals surface area contributed by atoms with E-state index in [2.05, 4.69) is 67.7 Å². The Hall–Kier alpha value is -0.830. The monoisotopic (exact) mass is 337 g/mol. The zero-order valence-corrected chi connectivity index (χ0v) is 16.3. The van der Waals surface area contributed by atoms with Crippen LogP contribution in [0.2, 0.25) is 0 Å². The summed E-state index contributed by atoms with van der Waals surface area (Å²) in [5.41, 5.74) is 1.07. The SMILES string of the molecule is CCN(CC)[P@]1(=O)N(c2ccccc2)C[C@H](C(C)C)N1C(C)C. The lowest BCUT2D eigenvalue weighted by atomic mass is 10.0. The van der Waals surface area contributed by atoms with E-state index in [0.717, 1.165) is 25.3 Å². The van der Waals surface area contributed by atoms with Crippen LogP contribution in [0.5, 0.6) is 0 Å². The van der Waals surface area contributed by atoms with E-state index in [0.29, 0.717) is 12.0 Å². The first-order valence-electron chi connectivity index (χ1n) is 8.85. The second-order valence-electron chi connectivity index (χ2n) is 6.85. The van der Waals surface area contributed by atoms with E-state index in [1.165, 1.54) is 0 Å². The summed E-state index contributed by atoms with van der Waals surface area (Å²) in [5.74, 6) is 0.468. The molecular formula is C18H32N3OP. The van der Waals surface area contributed by atoms with Crippen molar-refractivity contribution in [3.63, 3.8) is 0 Å². The van der Waals surface area contributed by atoms with Gasteiger partial charge in [0.05, 0.1) is 0 Å². The first-order chi connectivity index (χ1) is 10.9. The summed E-state index contributed by atoms with van der Waals surface area (Å²) < 4.78 is 21.0. The normalized spacial score (nSPS) is 26.0. The fraction of sp³-hybridized carbons (Fsp3) is 0.667. The summed E-state index contributed by atoms with van der Waals surface area (Å²) in [6, 6.07) is 10.8. The number of rotatable bonds is 6. The van der Waals surface area contributed by atoms with E-state index in [-0.39, 0.29) is 6.04 Å². The van der Waals surface area contributed by atoms with Crippen LogP contribution in [-0.2, 0) is 4.57 Å². The minimum Gasteiger partial charge on any atom is -0.297 e. The highest BCUT2D eigenvalue weighted by Crippen LogP contribution is 2.64. The van der Waals surface area contributed by atoms with Crippen LogP contribution < -0.4 is 4.67 Å². The fourth-order valence-corrected chi connectivity index (χ4v) is 7.36. The number of benzene rings is 1. The lowest BCUT2D eigenvalue weighted by Gasteiger charge is -2.41. The maximum Gasteiger partial charge on any atom is 0.311 e. The molecule has 0 saturated carbocycles. The molecular weight excluding hydrogens is 305 g/mol. The maximum absolute atomic E-state index is 14.4. The summed E-state index contributed by atoms with van der Waals surface area (Å²) in [6.07, 6.45) is 0. The van der Waals surface area contributed by atoms with Crippen molar-refractivity contribution >= 4 is 13.3 Å². The molecule has 1 aliphatic rings. The zero-order chi connectivity index (χ0) is 17.2. The molecule has 0 spiro atoms. The first kappa shape index (κ1) is 18.5. The lowest BCUT2D eigenvalue weighted by Crippen LogP contribution is -2.41. The van der Waals surface area contributed by atoms with Crippen molar-refractivity contribution in [3.05, 3.63) is 30.3 Å². The predicted octanol–water partition coefficient (Wildman–Crippen LogP) is 4.69. The largest absolute Gasteiger partial charge is 0.311 e. The van der Waals surface area contributed by atoms with Gasteiger partial charge in [-0.05, 0) is 31.9 Å². The Labute approximate surface area is 142 Å². The maximum atomic E-state index is 14.4. The van der Waals surface area contributed by atoms with E-state index >= 15 is 0 Å². The molecule has 1 aromatic carbocycles. The summed E-state index contributed by atoms with van der Waals surface area (Å²) in [7, 11) is -2.79. The van der Waals surface area contributed by atoms with Gasteiger partial charge in [-0.3, -0.25) is 9.24 Å². The quantitative estimate of drug-likeness (QED) is 0.704. The van der Waals surface area contributed by atoms with Gasteiger partial charge in [0.15, 0.2) is 0 Å². The summed E-state index contributed by atoms with van der Waals surface area (Å²) in [6.45, 7) is 15.4. The van der Waals surface area contributed by atoms with Crippen molar-refractivity contribution in [2.75, 3.05) is 24.3 Å². The molecule has 0 bridgehead atoms. The van der Waals surface area contributed by atoms with Crippen molar-refractivity contribution in [1.82, 2.24) is 9.34 Å². The van der Waals surface area contributed by atoms with Crippen LogP contribution >= 0.6 is 7.59 Å². The van der Waals surface area contributed by atoms with Gasteiger partial charge >= 0.3 is 7.59 Å². The van der Waals surface area contributed by atoms with Crippen molar-refractivity contribution in [1.29, 1.82) is 0 Å². The third kappa shape index (κ3) is 3.22. The Morgan fingerprint density at radius 3 is 2.13 bits per heavy atom. The van der Waals surface area contributed by atoms with Crippen LogP contribution in [0.1, 0.15) is 41.5 Å². The van der Waals surface area contributed by atoms with Crippen LogP contribution in [0.15, 0.2) is 30.3 Å². The van der Waals surface area contributed by atoms with Gasteiger partial charge in [-0.15, -0.1) is 0 Å². The average Bonchev–Trinajstić information content (AvgIpc) is 2.84. The Balaban J connectivity index is 2.58. The second-order valence-corrected chi connectivity index (χ2v) is 9.39. The van der Waals surface area contributed by atoms with E-state index in [1.807, 2.05) is 18.2 Å². The molecule has 2 rings (SSSR count). The van der Waals surface area contributed by atoms with Gasteiger partial charge in [0.25, 0.3) is 0 Å². The van der Waals surface area contributed by atoms with Crippen LogP contribution in [0, 0.1) is 5.92 Å². The third-order valence-electron chi connectivity index (χ3n) is 4.77. The van der Waals surface area contributed by atoms with Crippen molar-refractivity contribution in [2.24, 2.45) is 5.92 Å². The van der Waals surface area contributed by atoms with Crippen LogP contribution in [0.4, 0.5) is 5.69 Å². The molecule has 4 nitrogen and oxygen atoms in total. The highest BCUT2D eigenvalue weighted by atomic mass is 31.2. The Bertz CT molecular complexity index is 542. The molecule has 130 valence electrons. The zero-order valence-electron chi connectivity index (χ0n) is 15.4. The first-order valence-corrected chi connectivity index (χ1v) is 10.4. The lowest BCUT2D eigenvalue weighted by molar-refractivity contribution is 0.232. The van der Waals surface area contributed by atoms with Gasteiger partial charge in [-0.1, -0.05) is 45.9 Å². The van der Waals surface area contributed by atoms with E-state index in [4.69, 9.17) is 0 Å². The van der Waals surface area contributed by atoms with E-state index in [9.17, 15) is 4.57 Å². The second kappa shape index (κ2) is 7.38. The molecule has 0 unspecified atom stereocenters. The predicted molar refractivity (Wildman–Crippen MR) is 99.9 cm³/mol. The molecule has 0 radical (unpaired) electrons. The number of nitrogens with zero attached hydrogens (tertiary/aromatic N) is 3. The Morgan fingerprint density at radius 1 is 1.13 bits per heavy atom. The standard InChI is InChI=1S/C18H32N3OP/c1-7-19(8-2)23(22)20(17-12-10-9-11-13-17)14-18(15(3)4)21(23)16(5)6/h9-13,15-16,18H,7-8,14H2,1-6H3/t18-,23+/m1/s1. The van der Waals surface area contributed by atoms with E-state index < -0.39 is 7.59 Å². The summed E-state index contributed by atoms with van der Waals surface area (Å²) >= 11 is 0. The fourth-order valence-electron chi connectivity index (χ4n) is 3.63. The third-order valence-corrected chi connectivity index (χ3v) is 8.45. The van der Waals surface area contributed by atoms with Gasteiger partial charge in [0.1, 0.15) is 0 Å². The van der Waals surface area contributed by atoms with Crippen LogP contribution in [-0.4, -0.2) is 41.1 Å².